The Morgan fingerprint density at radius 1 is 0.943 bits per heavy atom. The van der Waals surface area contributed by atoms with Crippen molar-refractivity contribution in [1.29, 1.82) is 0 Å². The molecule has 35 heavy (non-hydrogen) atoms. The summed E-state index contributed by atoms with van der Waals surface area (Å²) >= 11 is 6.13. The number of rotatable bonds is 5. The molecule has 7 heteroatoms. The Hall–Kier alpha value is -3.64. The second-order valence-corrected chi connectivity index (χ2v) is 9.29. The van der Waals surface area contributed by atoms with E-state index in [1.807, 2.05) is 18.2 Å². The zero-order valence-corrected chi connectivity index (χ0v) is 20.1. The number of para-hydroxylation sites is 1. The number of imide groups is 1. The first-order chi connectivity index (χ1) is 17.0. The predicted molar refractivity (Wildman–Crippen MR) is 136 cm³/mol. The smallest absolute Gasteiger partial charge is 0.338 e. The van der Waals surface area contributed by atoms with E-state index in [0.29, 0.717) is 22.0 Å². The van der Waals surface area contributed by atoms with Gasteiger partial charge in [0.15, 0.2) is 0 Å². The molecule has 0 radical (unpaired) electrons. The highest BCUT2D eigenvalue weighted by Crippen LogP contribution is 2.42. The third kappa shape index (κ3) is 4.19. The minimum absolute atomic E-state index is 0.0680. The van der Waals surface area contributed by atoms with Crippen molar-refractivity contribution in [2.24, 2.45) is 0 Å². The van der Waals surface area contributed by atoms with E-state index in [2.05, 4.69) is 5.32 Å². The number of amides is 2. The normalized spacial score (nSPS) is 15.8. The maximum Gasteiger partial charge on any atom is 0.338 e. The molecule has 2 amide bonds. The standard InChI is InChI=1S/C28H25ClN2O4/c1-35-28(34)22-16-21(17-12-14-18(29)15-13-17)25(30-19-8-4-2-5-9-19)24-23(22)26(32)31(27(24)33)20-10-6-3-7-11-20/h3,6-7,10-16,19,30H,2,4-5,8-9H2,1H3. The van der Waals surface area contributed by atoms with Crippen LogP contribution < -0.4 is 10.2 Å². The highest BCUT2D eigenvalue weighted by Gasteiger charge is 2.43. The minimum Gasteiger partial charge on any atom is -0.465 e. The van der Waals surface area contributed by atoms with Crippen molar-refractivity contribution < 1.29 is 19.1 Å². The molecule has 0 spiro atoms. The van der Waals surface area contributed by atoms with Crippen molar-refractivity contribution in [1.82, 2.24) is 0 Å². The predicted octanol–water partition coefficient (Wildman–Crippen LogP) is 6.34. The van der Waals surface area contributed by atoms with Gasteiger partial charge in [0.2, 0.25) is 0 Å². The molecule has 1 aliphatic carbocycles. The van der Waals surface area contributed by atoms with Gasteiger partial charge in [0.1, 0.15) is 0 Å². The molecule has 1 heterocycles. The summed E-state index contributed by atoms with van der Waals surface area (Å²) in [6.45, 7) is 0. The summed E-state index contributed by atoms with van der Waals surface area (Å²) in [6.07, 6.45) is 5.32. The van der Waals surface area contributed by atoms with Crippen LogP contribution in [0, 0.1) is 0 Å². The molecule has 178 valence electrons. The molecule has 3 aromatic rings. The summed E-state index contributed by atoms with van der Waals surface area (Å²) in [5.74, 6) is -1.67. The number of methoxy groups -OCH3 is 1. The van der Waals surface area contributed by atoms with Gasteiger partial charge in [-0.3, -0.25) is 9.59 Å². The molecule has 0 unspecified atom stereocenters. The molecule has 3 aromatic carbocycles. The molecule has 1 fully saturated rings. The Balaban J connectivity index is 1.76. The van der Waals surface area contributed by atoms with Gasteiger partial charge in [-0.15, -0.1) is 0 Å². The quantitative estimate of drug-likeness (QED) is 0.335. The Bertz CT molecular complexity index is 1300. The van der Waals surface area contributed by atoms with Gasteiger partial charge in [0.25, 0.3) is 11.8 Å². The fourth-order valence-electron chi connectivity index (χ4n) is 4.98. The number of ether oxygens (including phenoxy) is 1. The van der Waals surface area contributed by atoms with Crippen molar-refractivity contribution in [3.8, 4) is 11.1 Å². The molecule has 5 rings (SSSR count). The fraction of sp³-hybridized carbons (Fsp3) is 0.250. The number of nitrogens with one attached hydrogen (secondary N) is 1. The highest BCUT2D eigenvalue weighted by molar-refractivity contribution is 6.38. The fourth-order valence-corrected chi connectivity index (χ4v) is 5.10. The van der Waals surface area contributed by atoms with E-state index in [1.165, 1.54) is 13.5 Å². The summed E-state index contributed by atoms with van der Waals surface area (Å²) in [4.78, 5) is 41.5. The van der Waals surface area contributed by atoms with Gasteiger partial charge >= 0.3 is 5.97 Å². The van der Waals surface area contributed by atoms with Crippen molar-refractivity contribution in [3.05, 3.63) is 82.4 Å². The lowest BCUT2D eigenvalue weighted by Gasteiger charge is -2.27. The molecule has 0 atom stereocenters. The number of fused-ring (bicyclic) bond motifs is 1. The van der Waals surface area contributed by atoms with Gasteiger partial charge in [-0.2, -0.15) is 0 Å². The summed E-state index contributed by atoms with van der Waals surface area (Å²) in [5.41, 5.74) is 2.80. The van der Waals surface area contributed by atoms with Crippen LogP contribution >= 0.6 is 11.6 Å². The van der Waals surface area contributed by atoms with Gasteiger partial charge in [0, 0.05) is 16.6 Å². The Labute approximate surface area is 208 Å². The SMILES string of the molecule is COC(=O)c1cc(-c2ccc(Cl)cc2)c(NC2CCCCC2)c2c1C(=O)N(c1ccccc1)C2=O. The number of esters is 1. The molecule has 0 aromatic heterocycles. The molecule has 0 saturated heterocycles. The average Bonchev–Trinajstić information content (AvgIpc) is 3.15. The number of halogens is 1. The first kappa shape index (κ1) is 23.1. The lowest BCUT2D eigenvalue weighted by atomic mass is 9.90. The van der Waals surface area contributed by atoms with E-state index in [4.69, 9.17) is 16.3 Å². The number of hydrogen-bond acceptors (Lipinski definition) is 5. The number of hydrogen-bond donors (Lipinski definition) is 1. The first-order valence-electron chi connectivity index (χ1n) is 11.7. The zero-order valence-electron chi connectivity index (χ0n) is 19.3. The number of carbonyl (C=O) groups is 3. The Kier molecular flexibility index (Phi) is 6.31. The topological polar surface area (TPSA) is 75.7 Å². The third-order valence-corrected chi connectivity index (χ3v) is 6.94. The maximum absolute atomic E-state index is 13.9. The maximum atomic E-state index is 13.9. The summed E-state index contributed by atoms with van der Waals surface area (Å²) in [5, 5.41) is 4.16. The lowest BCUT2D eigenvalue weighted by Crippen LogP contribution is -2.30. The Morgan fingerprint density at radius 3 is 2.26 bits per heavy atom. The van der Waals surface area contributed by atoms with Crippen LogP contribution in [0.4, 0.5) is 11.4 Å². The van der Waals surface area contributed by atoms with Gasteiger partial charge < -0.3 is 10.1 Å². The molecule has 1 N–H and O–H groups in total. The van der Waals surface area contributed by atoms with E-state index in [1.54, 1.807) is 42.5 Å². The molecule has 0 bridgehead atoms. The Morgan fingerprint density at radius 2 is 1.60 bits per heavy atom. The van der Waals surface area contributed by atoms with Crippen LogP contribution in [-0.4, -0.2) is 30.9 Å². The summed E-state index contributed by atoms with van der Waals surface area (Å²) in [7, 11) is 1.26. The van der Waals surface area contributed by atoms with Crippen LogP contribution in [0.2, 0.25) is 5.02 Å². The average molecular weight is 489 g/mol. The van der Waals surface area contributed by atoms with Crippen LogP contribution in [0.3, 0.4) is 0 Å². The van der Waals surface area contributed by atoms with Gasteiger partial charge in [-0.05, 0) is 48.7 Å². The number of benzene rings is 3. The molecule has 2 aliphatic rings. The molecule has 1 aliphatic heterocycles. The van der Waals surface area contributed by atoms with E-state index in [-0.39, 0.29) is 22.7 Å². The second kappa shape index (κ2) is 9.55. The van der Waals surface area contributed by atoms with Crippen LogP contribution in [-0.2, 0) is 4.74 Å². The van der Waals surface area contributed by atoms with E-state index in [0.717, 1.165) is 36.1 Å². The largest absolute Gasteiger partial charge is 0.465 e. The van der Waals surface area contributed by atoms with Crippen LogP contribution in [0.25, 0.3) is 11.1 Å². The number of carbonyl (C=O) groups excluding carboxylic acids is 3. The molecular weight excluding hydrogens is 464 g/mol. The van der Waals surface area contributed by atoms with E-state index in [9.17, 15) is 14.4 Å². The third-order valence-electron chi connectivity index (χ3n) is 6.69. The van der Waals surface area contributed by atoms with Crippen LogP contribution in [0.5, 0.6) is 0 Å². The summed E-state index contributed by atoms with van der Waals surface area (Å²) < 4.78 is 5.02. The molecule has 1 saturated carbocycles. The van der Waals surface area contributed by atoms with Crippen LogP contribution in [0.15, 0.2) is 60.7 Å². The monoisotopic (exact) mass is 488 g/mol. The van der Waals surface area contributed by atoms with Gasteiger partial charge in [0.05, 0.1) is 35.2 Å². The molecular formula is C28H25ClN2O4. The van der Waals surface area contributed by atoms with Gasteiger partial charge in [-0.25, -0.2) is 9.69 Å². The first-order valence-corrected chi connectivity index (χ1v) is 12.1. The number of anilines is 2. The van der Waals surface area contributed by atoms with E-state index < -0.39 is 17.8 Å². The van der Waals surface area contributed by atoms with Crippen molar-refractivity contribution >= 4 is 40.8 Å². The zero-order chi connectivity index (χ0) is 24.5. The van der Waals surface area contributed by atoms with Gasteiger partial charge in [-0.1, -0.05) is 61.2 Å². The lowest BCUT2D eigenvalue weighted by molar-refractivity contribution is 0.0597. The summed E-state index contributed by atoms with van der Waals surface area (Å²) in [6, 6.07) is 17.8. The van der Waals surface area contributed by atoms with Crippen molar-refractivity contribution in [2.75, 3.05) is 17.3 Å². The van der Waals surface area contributed by atoms with Crippen molar-refractivity contribution in [2.45, 2.75) is 38.1 Å². The minimum atomic E-state index is -0.670. The van der Waals surface area contributed by atoms with Crippen LogP contribution in [0.1, 0.15) is 63.2 Å². The number of nitrogens with zero attached hydrogens (tertiary/aromatic N) is 1. The second-order valence-electron chi connectivity index (χ2n) is 8.86. The highest BCUT2D eigenvalue weighted by atomic mass is 35.5. The molecule has 6 nitrogen and oxygen atoms in total. The van der Waals surface area contributed by atoms with E-state index >= 15 is 0 Å². The van der Waals surface area contributed by atoms with Crippen molar-refractivity contribution in [3.63, 3.8) is 0 Å².